The lowest BCUT2D eigenvalue weighted by Crippen LogP contribution is -2.33. The molecule has 1 saturated heterocycles. The molecular formula is C29H27F3N6O2S. The second-order valence-electron chi connectivity index (χ2n) is 11.0. The van der Waals surface area contributed by atoms with E-state index in [-0.39, 0.29) is 23.8 Å². The number of hydrogen-bond donors (Lipinski definition) is 1. The normalized spacial score (nSPS) is 20.2. The molecule has 2 unspecified atom stereocenters. The average molecular weight is 581 g/mol. The van der Waals surface area contributed by atoms with Crippen LogP contribution in [0.3, 0.4) is 0 Å². The van der Waals surface area contributed by atoms with Gasteiger partial charge in [0.1, 0.15) is 11.0 Å². The Labute approximate surface area is 238 Å². The van der Waals surface area contributed by atoms with Crippen LogP contribution in [0.4, 0.5) is 13.2 Å². The number of likely N-dealkylation sites (tertiary alicyclic amines) is 1. The maximum Gasteiger partial charge on any atom is 0.416 e. The van der Waals surface area contributed by atoms with E-state index in [0.717, 1.165) is 17.7 Å². The fraction of sp³-hybridized carbons (Fsp3) is 0.345. The van der Waals surface area contributed by atoms with Crippen LogP contribution in [0.25, 0.3) is 22.1 Å². The molecule has 1 aromatic carbocycles. The van der Waals surface area contributed by atoms with E-state index in [1.807, 2.05) is 25.7 Å². The Morgan fingerprint density at radius 3 is 2.29 bits per heavy atom. The smallest absolute Gasteiger partial charge is 0.416 e. The van der Waals surface area contributed by atoms with E-state index >= 15 is 0 Å². The molecule has 1 saturated carbocycles. The van der Waals surface area contributed by atoms with Crippen LogP contribution >= 0.6 is 11.3 Å². The summed E-state index contributed by atoms with van der Waals surface area (Å²) in [6.07, 6.45) is -1.25. The lowest BCUT2D eigenvalue weighted by molar-refractivity contribution is -0.137. The molecule has 2 atom stereocenters. The number of carbonyl (C=O) groups is 1. The molecular weight excluding hydrogens is 553 g/mol. The largest absolute Gasteiger partial charge is 0.474 e. The summed E-state index contributed by atoms with van der Waals surface area (Å²) in [5.74, 6) is 1.11. The lowest BCUT2D eigenvalue weighted by Gasteiger charge is -2.22. The molecule has 2 N–H and O–H groups in total. The highest BCUT2D eigenvalue weighted by Crippen LogP contribution is 2.48. The topological polar surface area (TPSA) is 107 Å². The summed E-state index contributed by atoms with van der Waals surface area (Å²) >= 11 is 1.29. The summed E-state index contributed by atoms with van der Waals surface area (Å²) in [6, 6.07) is 10.1. The third kappa shape index (κ3) is 5.41. The highest BCUT2D eigenvalue weighted by Gasteiger charge is 2.59. The van der Waals surface area contributed by atoms with E-state index in [0.29, 0.717) is 51.6 Å². The average Bonchev–Trinajstić information content (AvgIpc) is 3.25. The molecule has 6 rings (SSSR count). The minimum Gasteiger partial charge on any atom is -0.474 e. The Kier molecular flexibility index (Phi) is 6.57. The van der Waals surface area contributed by atoms with E-state index in [2.05, 4.69) is 19.9 Å². The van der Waals surface area contributed by atoms with Crippen LogP contribution in [0.15, 0.2) is 54.9 Å². The number of fused-ring (bicyclic) bond motifs is 1. The quantitative estimate of drug-likeness (QED) is 0.328. The predicted octanol–water partition coefficient (Wildman–Crippen LogP) is 5.33. The number of aromatic nitrogens is 4. The van der Waals surface area contributed by atoms with Gasteiger partial charge in [-0.15, -0.1) is 11.3 Å². The van der Waals surface area contributed by atoms with Crippen molar-refractivity contribution < 1.29 is 22.7 Å². The molecule has 1 aliphatic carbocycles. The number of ether oxygens (including phenoxy) is 1. The lowest BCUT2D eigenvalue weighted by atomic mass is 9.94. The predicted molar refractivity (Wildman–Crippen MR) is 147 cm³/mol. The van der Waals surface area contributed by atoms with Gasteiger partial charge in [-0.25, -0.2) is 19.9 Å². The van der Waals surface area contributed by atoms with Gasteiger partial charge in [0.15, 0.2) is 10.8 Å². The summed E-state index contributed by atoms with van der Waals surface area (Å²) in [7, 11) is 0. The first-order valence-corrected chi connectivity index (χ1v) is 13.9. The Morgan fingerprint density at radius 1 is 1.02 bits per heavy atom. The summed E-state index contributed by atoms with van der Waals surface area (Å²) in [6.45, 7) is 6.60. The zero-order valence-corrected chi connectivity index (χ0v) is 23.3. The highest BCUT2D eigenvalue weighted by atomic mass is 32.1. The number of benzene rings is 1. The standard InChI is InChI=1S/C29H27F3N6O2S/c1-15-24(41-26(36-15)25-34-9-4-10-35-25)27(39)38-13-19-20(14-38)23(19)40-22-12-18(28(2,3)33)11-21(37-22)16-5-7-17(8-6-16)29(30,31)32/h4-12,19-20,23H,13-14,33H2,1-3H3. The van der Waals surface area contributed by atoms with Crippen LogP contribution in [0.2, 0.25) is 0 Å². The third-order valence-corrected chi connectivity index (χ3v) is 8.60. The molecule has 0 bridgehead atoms. The number of thiazole rings is 1. The van der Waals surface area contributed by atoms with Crippen LogP contribution < -0.4 is 10.5 Å². The summed E-state index contributed by atoms with van der Waals surface area (Å²) < 4.78 is 45.4. The third-order valence-electron chi connectivity index (χ3n) is 7.46. The summed E-state index contributed by atoms with van der Waals surface area (Å²) in [4.78, 5) is 33.3. The van der Waals surface area contributed by atoms with Gasteiger partial charge in [0.05, 0.1) is 17.0 Å². The van der Waals surface area contributed by atoms with Crippen molar-refractivity contribution in [1.29, 1.82) is 0 Å². The number of carbonyl (C=O) groups excluding carboxylic acids is 1. The number of nitrogens with zero attached hydrogens (tertiary/aromatic N) is 5. The first kappa shape index (κ1) is 27.3. The van der Waals surface area contributed by atoms with Crippen LogP contribution in [-0.2, 0) is 11.7 Å². The molecule has 8 nitrogen and oxygen atoms in total. The van der Waals surface area contributed by atoms with Gasteiger partial charge in [-0.2, -0.15) is 13.2 Å². The van der Waals surface area contributed by atoms with E-state index < -0.39 is 17.3 Å². The number of nitrogens with two attached hydrogens (primary N) is 1. The van der Waals surface area contributed by atoms with Crippen molar-refractivity contribution >= 4 is 17.2 Å². The Bertz CT molecular complexity index is 1590. The van der Waals surface area contributed by atoms with E-state index in [4.69, 9.17) is 10.5 Å². The number of rotatable bonds is 6. The summed E-state index contributed by atoms with van der Waals surface area (Å²) in [5.41, 5.74) is 7.32. The Morgan fingerprint density at radius 2 is 1.68 bits per heavy atom. The van der Waals surface area contributed by atoms with Gasteiger partial charge in [-0.05, 0) is 50.6 Å². The zero-order chi connectivity index (χ0) is 29.1. The fourth-order valence-corrected chi connectivity index (χ4v) is 6.09. The van der Waals surface area contributed by atoms with Crippen LogP contribution in [-0.4, -0.2) is 49.9 Å². The van der Waals surface area contributed by atoms with Gasteiger partial charge >= 0.3 is 6.18 Å². The molecule has 3 aromatic heterocycles. The Hall–Kier alpha value is -3.90. The van der Waals surface area contributed by atoms with Crippen molar-refractivity contribution in [3.63, 3.8) is 0 Å². The molecule has 4 aromatic rings. The van der Waals surface area contributed by atoms with Gasteiger partial charge < -0.3 is 15.4 Å². The van der Waals surface area contributed by atoms with Crippen molar-refractivity contribution in [2.24, 2.45) is 17.6 Å². The maximum absolute atomic E-state index is 13.3. The minimum absolute atomic E-state index is 0.0669. The van der Waals surface area contributed by atoms with Crippen LogP contribution in [0.1, 0.15) is 40.3 Å². The van der Waals surface area contributed by atoms with E-state index in [1.165, 1.54) is 23.5 Å². The van der Waals surface area contributed by atoms with Crippen molar-refractivity contribution in [1.82, 2.24) is 24.8 Å². The van der Waals surface area contributed by atoms with E-state index in [1.54, 1.807) is 30.6 Å². The van der Waals surface area contributed by atoms with Crippen molar-refractivity contribution in [3.8, 4) is 28.0 Å². The molecule has 0 spiro atoms. The first-order chi connectivity index (χ1) is 19.4. The van der Waals surface area contributed by atoms with Gasteiger partial charge in [-0.3, -0.25) is 4.79 Å². The van der Waals surface area contributed by atoms with Crippen LogP contribution in [0.5, 0.6) is 5.88 Å². The van der Waals surface area contributed by atoms with Gasteiger partial charge in [0.2, 0.25) is 5.88 Å². The zero-order valence-electron chi connectivity index (χ0n) is 22.5. The molecule has 1 amide bonds. The van der Waals surface area contributed by atoms with Crippen LogP contribution in [0, 0.1) is 18.8 Å². The maximum atomic E-state index is 13.3. The van der Waals surface area contributed by atoms with E-state index in [9.17, 15) is 18.0 Å². The van der Waals surface area contributed by atoms with Gasteiger partial charge in [0, 0.05) is 54.5 Å². The molecule has 12 heteroatoms. The summed E-state index contributed by atoms with van der Waals surface area (Å²) in [5, 5.41) is 0.606. The minimum atomic E-state index is -4.42. The van der Waals surface area contributed by atoms with Crippen molar-refractivity contribution in [2.45, 2.75) is 38.6 Å². The molecule has 212 valence electrons. The van der Waals surface area contributed by atoms with Gasteiger partial charge in [-0.1, -0.05) is 12.1 Å². The van der Waals surface area contributed by atoms with Crippen molar-refractivity contribution in [2.75, 3.05) is 13.1 Å². The second-order valence-corrected chi connectivity index (χ2v) is 12.0. The van der Waals surface area contributed by atoms with Crippen molar-refractivity contribution in [3.05, 3.63) is 76.6 Å². The Balaban J connectivity index is 1.16. The number of amides is 1. The molecule has 0 radical (unpaired) electrons. The molecule has 2 aliphatic rings. The molecule has 4 heterocycles. The number of alkyl halides is 3. The number of piperidine rings is 1. The van der Waals surface area contributed by atoms with Gasteiger partial charge in [0.25, 0.3) is 5.91 Å². The number of pyridine rings is 1. The monoisotopic (exact) mass is 580 g/mol. The molecule has 1 aliphatic heterocycles. The molecule has 2 fully saturated rings. The fourth-order valence-electron chi connectivity index (χ4n) is 5.11. The molecule has 41 heavy (non-hydrogen) atoms. The highest BCUT2D eigenvalue weighted by molar-refractivity contribution is 7.17. The SMILES string of the molecule is Cc1nc(-c2ncccn2)sc1C(=O)N1CC2C(C1)C2Oc1cc(C(C)(C)N)cc(-c2ccc(C(F)(F)F)cc2)n1. The first-order valence-electron chi connectivity index (χ1n) is 13.1. The number of aryl methyl sites for hydroxylation is 1. The number of halogens is 3. The second kappa shape index (κ2) is 9.88. The number of hydrogen-bond acceptors (Lipinski definition) is 8.